The van der Waals surface area contributed by atoms with Gasteiger partial charge in [-0.1, -0.05) is 22.9 Å². The molecule has 1 aromatic carbocycles. The molecule has 0 aromatic heterocycles. The van der Waals surface area contributed by atoms with E-state index in [1.165, 1.54) is 12.1 Å². The summed E-state index contributed by atoms with van der Waals surface area (Å²) in [6, 6.07) is 2.79. The van der Waals surface area contributed by atoms with Crippen LogP contribution in [0.5, 0.6) is 0 Å². The van der Waals surface area contributed by atoms with Gasteiger partial charge in [0, 0.05) is 56.5 Å². The van der Waals surface area contributed by atoms with Crippen molar-refractivity contribution in [3.63, 3.8) is 0 Å². The van der Waals surface area contributed by atoms with Crippen LogP contribution in [0.3, 0.4) is 0 Å². The monoisotopic (exact) mass is 554 g/mol. The Labute approximate surface area is 198 Å². The van der Waals surface area contributed by atoms with Gasteiger partial charge < -0.3 is 20.4 Å². The van der Waals surface area contributed by atoms with Gasteiger partial charge in [-0.2, -0.15) is 8.42 Å². The highest BCUT2D eigenvalue weighted by atomic mass is 79.9. The Morgan fingerprint density at radius 1 is 1.12 bits per heavy atom. The molecular weight excluding hydrogens is 524 g/mol. The number of carbonyl (C=O) groups excluding carboxylic acids is 1. The second kappa shape index (κ2) is 11.1. The molecular formula is C19H31BrN4O6S2. The fraction of sp³-hybridized carbons (Fsp3) is 0.632. The molecule has 0 saturated carbocycles. The third kappa shape index (κ3) is 7.30. The quantitative estimate of drug-likeness (QED) is 0.251. The van der Waals surface area contributed by atoms with Crippen LogP contribution in [0.15, 0.2) is 17.0 Å². The van der Waals surface area contributed by atoms with Crippen molar-refractivity contribution in [3.8, 4) is 0 Å². The standard InChI is InChI=1S/C19H31BrN4O6S2/c1-4-22-7-9-24(10-8-22)19(25)15-13-17(18(14-16(15)21)31(2,26)27)23(6-5-20)11-12-30-32(3,28)29/h13-14H,4-12,21H2,1-3H3. The summed E-state index contributed by atoms with van der Waals surface area (Å²) in [5.74, 6) is -0.259. The first-order chi connectivity index (χ1) is 14.9. The van der Waals surface area contributed by atoms with Crippen LogP contribution in [-0.4, -0.2) is 103 Å². The Hall–Kier alpha value is -1.41. The van der Waals surface area contributed by atoms with Crippen LogP contribution >= 0.6 is 15.9 Å². The first-order valence-electron chi connectivity index (χ1n) is 10.2. The van der Waals surface area contributed by atoms with Crippen LogP contribution in [-0.2, 0) is 24.1 Å². The molecule has 1 saturated heterocycles. The lowest BCUT2D eigenvalue weighted by molar-refractivity contribution is 0.0644. The molecule has 1 aliphatic heterocycles. The molecule has 1 fully saturated rings. The number of nitrogens with zero attached hydrogens (tertiary/aromatic N) is 3. The Bertz CT molecular complexity index is 1020. The molecule has 2 N–H and O–H groups in total. The van der Waals surface area contributed by atoms with Crippen molar-refractivity contribution >= 4 is 53.2 Å². The van der Waals surface area contributed by atoms with Crippen LogP contribution in [0.25, 0.3) is 0 Å². The van der Waals surface area contributed by atoms with E-state index in [1.807, 2.05) is 0 Å². The summed E-state index contributed by atoms with van der Waals surface area (Å²) in [5.41, 5.74) is 6.72. The van der Waals surface area contributed by atoms with Crippen molar-refractivity contribution in [3.05, 3.63) is 17.7 Å². The largest absolute Gasteiger partial charge is 0.398 e. The van der Waals surface area contributed by atoms with E-state index in [0.29, 0.717) is 25.0 Å². The summed E-state index contributed by atoms with van der Waals surface area (Å²) >= 11 is 3.34. The van der Waals surface area contributed by atoms with Gasteiger partial charge in [-0.25, -0.2) is 8.42 Å². The number of halogens is 1. The Morgan fingerprint density at radius 2 is 1.75 bits per heavy atom. The summed E-state index contributed by atoms with van der Waals surface area (Å²) in [7, 11) is -7.32. The molecule has 0 bridgehead atoms. The number of sulfone groups is 1. The number of benzene rings is 1. The number of nitrogen functional groups attached to an aromatic ring is 1. The van der Waals surface area contributed by atoms with E-state index >= 15 is 0 Å². The van der Waals surface area contributed by atoms with E-state index in [9.17, 15) is 21.6 Å². The maximum Gasteiger partial charge on any atom is 0.264 e. The lowest BCUT2D eigenvalue weighted by Crippen LogP contribution is -2.48. The number of rotatable bonds is 10. The predicted octanol–water partition coefficient (Wildman–Crippen LogP) is 0.628. The lowest BCUT2D eigenvalue weighted by Gasteiger charge is -2.34. The van der Waals surface area contributed by atoms with Crippen LogP contribution in [0.1, 0.15) is 17.3 Å². The van der Waals surface area contributed by atoms with Gasteiger partial charge in [0.2, 0.25) is 0 Å². The molecule has 0 aliphatic carbocycles. The number of nitrogens with two attached hydrogens (primary N) is 1. The number of amides is 1. The summed E-state index contributed by atoms with van der Waals surface area (Å²) in [6.07, 6.45) is 2.01. The van der Waals surface area contributed by atoms with Gasteiger partial charge in [-0.3, -0.25) is 8.98 Å². The van der Waals surface area contributed by atoms with E-state index in [1.54, 1.807) is 9.80 Å². The van der Waals surface area contributed by atoms with E-state index in [0.717, 1.165) is 32.1 Å². The normalized spacial score (nSPS) is 15.7. The first kappa shape index (κ1) is 26.8. The van der Waals surface area contributed by atoms with Gasteiger partial charge in [0.25, 0.3) is 16.0 Å². The van der Waals surface area contributed by atoms with E-state index in [4.69, 9.17) is 9.92 Å². The van der Waals surface area contributed by atoms with Crippen molar-refractivity contribution in [1.82, 2.24) is 9.80 Å². The fourth-order valence-electron chi connectivity index (χ4n) is 3.50. The van der Waals surface area contributed by atoms with Crippen LogP contribution < -0.4 is 10.6 Å². The molecule has 32 heavy (non-hydrogen) atoms. The third-order valence-corrected chi connectivity index (χ3v) is 7.30. The molecule has 0 unspecified atom stereocenters. The minimum atomic E-state index is -3.68. The van der Waals surface area contributed by atoms with Crippen molar-refractivity contribution in [2.45, 2.75) is 11.8 Å². The molecule has 1 aliphatic rings. The van der Waals surface area contributed by atoms with E-state index < -0.39 is 20.0 Å². The van der Waals surface area contributed by atoms with Crippen molar-refractivity contribution in [1.29, 1.82) is 0 Å². The van der Waals surface area contributed by atoms with Crippen molar-refractivity contribution in [2.75, 3.05) is 80.9 Å². The SMILES string of the molecule is CCN1CCN(C(=O)c2cc(N(CCBr)CCOS(C)(=O)=O)c(S(C)(=O)=O)cc2N)CC1. The molecule has 182 valence electrons. The number of piperazine rings is 1. The summed E-state index contributed by atoms with van der Waals surface area (Å²) < 4.78 is 52.4. The van der Waals surface area contributed by atoms with Gasteiger partial charge in [-0.15, -0.1) is 0 Å². The predicted molar refractivity (Wildman–Crippen MR) is 129 cm³/mol. The smallest absolute Gasteiger partial charge is 0.264 e. The highest BCUT2D eigenvalue weighted by Crippen LogP contribution is 2.31. The van der Waals surface area contributed by atoms with Crippen molar-refractivity contribution in [2.24, 2.45) is 0 Å². The lowest BCUT2D eigenvalue weighted by atomic mass is 10.1. The second-order valence-electron chi connectivity index (χ2n) is 7.61. The van der Waals surface area contributed by atoms with Crippen LogP contribution in [0, 0.1) is 0 Å². The van der Waals surface area contributed by atoms with Gasteiger partial charge in [0.05, 0.1) is 29.0 Å². The number of hydrogen-bond donors (Lipinski definition) is 1. The number of hydrogen-bond acceptors (Lipinski definition) is 9. The van der Waals surface area contributed by atoms with Gasteiger partial charge >= 0.3 is 0 Å². The number of alkyl halides is 1. The molecule has 1 heterocycles. The molecule has 13 heteroatoms. The van der Waals surface area contributed by atoms with Crippen molar-refractivity contribution < 1.29 is 25.8 Å². The van der Waals surface area contributed by atoms with Gasteiger partial charge in [0.1, 0.15) is 0 Å². The average Bonchev–Trinajstić information content (AvgIpc) is 2.71. The minimum Gasteiger partial charge on any atom is -0.398 e. The topological polar surface area (TPSA) is 130 Å². The van der Waals surface area contributed by atoms with E-state index in [2.05, 4.69) is 27.8 Å². The number of anilines is 2. The summed E-state index contributed by atoms with van der Waals surface area (Å²) in [4.78, 5) is 18.8. The zero-order chi connectivity index (χ0) is 24.1. The molecule has 1 amide bonds. The highest BCUT2D eigenvalue weighted by Gasteiger charge is 2.27. The molecule has 0 atom stereocenters. The molecule has 1 aromatic rings. The fourth-order valence-corrected chi connectivity index (χ4v) is 5.22. The highest BCUT2D eigenvalue weighted by molar-refractivity contribution is 9.09. The maximum absolute atomic E-state index is 13.2. The third-order valence-electron chi connectivity index (χ3n) is 5.22. The Balaban J connectivity index is 2.43. The molecule has 0 radical (unpaired) electrons. The second-order valence-corrected chi connectivity index (χ2v) is 12.0. The Kier molecular flexibility index (Phi) is 9.35. The first-order valence-corrected chi connectivity index (χ1v) is 15.0. The minimum absolute atomic E-state index is 0.0253. The van der Waals surface area contributed by atoms with Gasteiger partial charge in [-0.05, 0) is 18.7 Å². The summed E-state index contributed by atoms with van der Waals surface area (Å²) in [6.45, 7) is 5.92. The molecule has 0 spiro atoms. The molecule has 10 nitrogen and oxygen atoms in total. The van der Waals surface area contributed by atoms with Crippen LogP contribution in [0.4, 0.5) is 11.4 Å². The summed E-state index contributed by atoms with van der Waals surface area (Å²) in [5, 5.41) is 0.488. The van der Waals surface area contributed by atoms with Crippen LogP contribution in [0.2, 0.25) is 0 Å². The zero-order valence-electron chi connectivity index (χ0n) is 18.6. The Morgan fingerprint density at radius 3 is 2.25 bits per heavy atom. The number of carbonyl (C=O) groups is 1. The molecule has 2 rings (SSSR count). The average molecular weight is 556 g/mol. The number of likely N-dealkylation sites (N-methyl/N-ethyl adjacent to an activating group) is 1. The zero-order valence-corrected chi connectivity index (χ0v) is 21.8. The maximum atomic E-state index is 13.2. The van der Waals surface area contributed by atoms with Gasteiger partial charge in [0.15, 0.2) is 9.84 Å². The van der Waals surface area contributed by atoms with E-state index in [-0.39, 0.29) is 40.9 Å².